The second kappa shape index (κ2) is 6.55. The SMILES string of the molecule is CCCCC(C)(C)CCC1CCCCC1. The zero-order valence-corrected chi connectivity index (χ0v) is 11.1. The maximum absolute atomic E-state index is 2.46. The first-order chi connectivity index (χ1) is 7.14. The highest BCUT2D eigenvalue weighted by Gasteiger charge is 2.20. The summed E-state index contributed by atoms with van der Waals surface area (Å²) < 4.78 is 0. The Labute approximate surface area is 96.8 Å². The van der Waals surface area contributed by atoms with Crippen LogP contribution in [0, 0.1) is 11.3 Å². The van der Waals surface area contributed by atoms with Gasteiger partial charge in [0.2, 0.25) is 0 Å². The molecule has 0 saturated heterocycles. The van der Waals surface area contributed by atoms with Crippen LogP contribution in [0.1, 0.15) is 85.0 Å². The minimum atomic E-state index is 0.605. The van der Waals surface area contributed by atoms with Gasteiger partial charge >= 0.3 is 0 Å². The summed E-state index contributed by atoms with van der Waals surface area (Å²) in [5.74, 6) is 1.07. The van der Waals surface area contributed by atoms with E-state index in [1.54, 1.807) is 0 Å². The van der Waals surface area contributed by atoms with Crippen molar-refractivity contribution in [3.05, 3.63) is 0 Å². The topological polar surface area (TPSA) is 0 Å². The molecule has 0 aromatic rings. The Hall–Kier alpha value is 0. The highest BCUT2D eigenvalue weighted by atomic mass is 14.3. The molecule has 0 heteroatoms. The van der Waals surface area contributed by atoms with Gasteiger partial charge in [-0.2, -0.15) is 0 Å². The third-order valence-electron chi connectivity index (χ3n) is 4.16. The van der Waals surface area contributed by atoms with Gasteiger partial charge in [-0.3, -0.25) is 0 Å². The Kier molecular flexibility index (Phi) is 5.71. The third kappa shape index (κ3) is 5.58. The van der Waals surface area contributed by atoms with Crippen molar-refractivity contribution >= 4 is 0 Å². The lowest BCUT2D eigenvalue weighted by atomic mass is 9.77. The summed E-state index contributed by atoms with van der Waals surface area (Å²) in [5, 5.41) is 0. The van der Waals surface area contributed by atoms with Crippen LogP contribution in [-0.2, 0) is 0 Å². The summed E-state index contributed by atoms with van der Waals surface area (Å²) >= 11 is 0. The van der Waals surface area contributed by atoms with E-state index in [0.717, 1.165) is 5.92 Å². The molecule has 1 saturated carbocycles. The minimum absolute atomic E-state index is 0.605. The summed E-state index contributed by atoms with van der Waals surface area (Å²) in [4.78, 5) is 0. The van der Waals surface area contributed by atoms with Crippen molar-refractivity contribution in [2.75, 3.05) is 0 Å². The Morgan fingerprint density at radius 3 is 2.27 bits per heavy atom. The Morgan fingerprint density at radius 1 is 1.00 bits per heavy atom. The van der Waals surface area contributed by atoms with Crippen molar-refractivity contribution in [3.8, 4) is 0 Å². The molecule has 0 radical (unpaired) electrons. The first-order valence-electron chi connectivity index (χ1n) is 7.14. The summed E-state index contributed by atoms with van der Waals surface area (Å²) in [7, 11) is 0. The second-order valence-corrected chi connectivity index (χ2v) is 6.31. The summed E-state index contributed by atoms with van der Waals surface area (Å²) in [6.45, 7) is 7.23. The van der Waals surface area contributed by atoms with Crippen molar-refractivity contribution < 1.29 is 0 Å². The summed E-state index contributed by atoms with van der Waals surface area (Å²) in [6.07, 6.45) is 14.7. The molecule has 0 aliphatic heterocycles. The van der Waals surface area contributed by atoms with E-state index in [2.05, 4.69) is 20.8 Å². The average Bonchev–Trinajstić information content (AvgIpc) is 2.25. The number of hydrogen-bond acceptors (Lipinski definition) is 0. The lowest BCUT2D eigenvalue weighted by Gasteiger charge is -2.28. The van der Waals surface area contributed by atoms with Gasteiger partial charge in [0.1, 0.15) is 0 Å². The molecule has 0 nitrogen and oxygen atoms in total. The summed E-state index contributed by atoms with van der Waals surface area (Å²) in [5.41, 5.74) is 0.605. The first-order valence-corrected chi connectivity index (χ1v) is 7.14. The standard InChI is InChI=1S/C15H30/c1-4-5-12-15(2,3)13-11-14-9-7-6-8-10-14/h14H,4-13H2,1-3H3. The quantitative estimate of drug-likeness (QED) is 0.538. The molecule has 1 rings (SSSR count). The van der Waals surface area contributed by atoms with Gasteiger partial charge in [0.05, 0.1) is 0 Å². The molecule has 0 aromatic carbocycles. The molecule has 0 bridgehead atoms. The van der Waals surface area contributed by atoms with Crippen LogP contribution in [0.5, 0.6) is 0 Å². The van der Waals surface area contributed by atoms with Crippen LogP contribution in [0.3, 0.4) is 0 Å². The second-order valence-electron chi connectivity index (χ2n) is 6.31. The van der Waals surface area contributed by atoms with Gasteiger partial charge in [-0.1, -0.05) is 65.7 Å². The van der Waals surface area contributed by atoms with Gasteiger partial charge in [0, 0.05) is 0 Å². The highest BCUT2D eigenvalue weighted by Crippen LogP contribution is 2.34. The van der Waals surface area contributed by atoms with Crippen LogP contribution in [0.4, 0.5) is 0 Å². The molecule has 0 N–H and O–H groups in total. The molecule has 1 aliphatic carbocycles. The molecule has 15 heavy (non-hydrogen) atoms. The van der Waals surface area contributed by atoms with Crippen LogP contribution >= 0.6 is 0 Å². The van der Waals surface area contributed by atoms with Gasteiger partial charge in [-0.05, 0) is 30.6 Å². The Morgan fingerprint density at radius 2 is 1.67 bits per heavy atom. The van der Waals surface area contributed by atoms with Crippen LogP contribution in [0.25, 0.3) is 0 Å². The monoisotopic (exact) mass is 210 g/mol. The van der Waals surface area contributed by atoms with Gasteiger partial charge in [0.25, 0.3) is 0 Å². The Bertz CT molecular complexity index is 151. The van der Waals surface area contributed by atoms with E-state index >= 15 is 0 Å². The molecule has 1 aliphatic rings. The van der Waals surface area contributed by atoms with Gasteiger partial charge < -0.3 is 0 Å². The number of rotatable bonds is 6. The van der Waals surface area contributed by atoms with Gasteiger partial charge in [0.15, 0.2) is 0 Å². The zero-order valence-electron chi connectivity index (χ0n) is 11.1. The molecule has 0 spiro atoms. The van der Waals surface area contributed by atoms with E-state index in [1.807, 2.05) is 0 Å². The van der Waals surface area contributed by atoms with Crippen molar-refractivity contribution in [2.45, 2.75) is 85.0 Å². The smallest absolute Gasteiger partial charge is 0.0354 e. The fourth-order valence-electron chi connectivity index (χ4n) is 2.85. The molecule has 90 valence electrons. The van der Waals surface area contributed by atoms with Crippen LogP contribution in [0.15, 0.2) is 0 Å². The zero-order chi connectivity index (χ0) is 11.1. The van der Waals surface area contributed by atoms with Gasteiger partial charge in [-0.25, -0.2) is 0 Å². The normalized spacial score (nSPS) is 19.4. The van der Waals surface area contributed by atoms with E-state index in [0.29, 0.717) is 5.41 Å². The van der Waals surface area contributed by atoms with Crippen LogP contribution in [-0.4, -0.2) is 0 Å². The van der Waals surface area contributed by atoms with Crippen LogP contribution < -0.4 is 0 Å². The van der Waals surface area contributed by atoms with E-state index in [1.165, 1.54) is 64.2 Å². The molecule has 1 fully saturated rings. The molecule has 0 amide bonds. The molecule has 0 unspecified atom stereocenters. The van der Waals surface area contributed by atoms with Crippen molar-refractivity contribution in [2.24, 2.45) is 11.3 Å². The van der Waals surface area contributed by atoms with E-state index in [-0.39, 0.29) is 0 Å². The predicted molar refractivity (Wildman–Crippen MR) is 69.1 cm³/mol. The molecule has 0 heterocycles. The fourth-order valence-corrected chi connectivity index (χ4v) is 2.85. The lowest BCUT2D eigenvalue weighted by Crippen LogP contribution is -2.15. The number of hydrogen-bond donors (Lipinski definition) is 0. The molecular weight excluding hydrogens is 180 g/mol. The van der Waals surface area contributed by atoms with Crippen molar-refractivity contribution in [1.82, 2.24) is 0 Å². The van der Waals surface area contributed by atoms with E-state index in [4.69, 9.17) is 0 Å². The maximum atomic E-state index is 2.46. The fraction of sp³-hybridized carbons (Fsp3) is 1.00. The molecule has 0 atom stereocenters. The maximum Gasteiger partial charge on any atom is -0.0354 e. The largest absolute Gasteiger partial charge is 0.0654 e. The predicted octanol–water partition coefficient (Wildman–Crippen LogP) is 5.56. The van der Waals surface area contributed by atoms with Crippen molar-refractivity contribution in [3.63, 3.8) is 0 Å². The summed E-state index contributed by atoms with van der Waals surface area (Å²) in [6, 6.07) is 0. The molecule has 0 aromatic heterocycles. The first kappa shape index (κ1) is 13.1. The van der Waals surface area contributed by atoms with Gasteiger partial charge in [-0.15, -0.1) is 0 Å². The van der Waals surface area contributed by atoms with E-state index < -0.39 is 0 Å². The lowest BCUT2D eigenvalue weighted by molar-refractivity contribution is 0.240. The Balaban J connectivity index is 2.15. The minimum Gasteiger partial charge on any atom is -0.0654 e. The van der Waals surface area contributed by atoms with E-state index in [9.17, 15) is 0 Å². The number of unbranched alkanes of at least 4 members (excludes halogenated alkanes) is 1. The van der Waals surface area contributed by atoms with Crippen LogP contribution in [0.2, 0.25) is 0 Å². The molecular formula is C15H30. The van der Waals surface area contributed by atoms with Crippen molar-refractivity contribution in [1.29, 1.82) is 0 Å². The average molecular weight is 210 g/mol. The third-order valence-corrected chi connectivity index (χ3v) is 4.16. The highest BCUT2D eigenvalue weighted by molar-refractivity contribution is 4.73.